The van der Waals surface area contributed by atoms with Crippen LogP contribution in [0.2, 0.25) is 0 Å². The maximum absolute atomic E-state index is 14.3. The van der Waals surface area contributed by atoms with Gasteiger partial charge in [-0.2, -0.15) is 0 Å². The van der Waals surface area contributed by atoms with Gasteiger partial charge in [0.2, 0.25) is 0 Å². The van der Waals surface area contributed by atoms with E-state index >= 15 is 0 Å². The molecule has 0 heterocycles. The van der Waals surface area contributed by atoms with Gasteiger partial charge in [-0.25, -0.2) is 0 Å². The molecule has 0 saturated heterocycles. The van der Waals surface area contributed by atoms with E-state index in [4.69, 9.17) is 5.73 Å². The van der Waals surface area contributed by atoms with Crippen molar-refractivity contribution in [2.45, 2.75) is 149 Å². The van der Waals surface area contributed by atoms with E-state index in [-0.39, 0.29) is 16.2 Å². The van der Waals surface area contributed by atoms with Crippen molar-refractivity contribution in [3.63, 3.8) is 0 Å². The van der Waals surface area contributed by atoms with Crippen LogP contribution in [-0.4, -0.2) is 17.6 Å². The van der Waals surface area contributed by atoms with Gasteiger partial charge >= 0.3 is 0 Å². The zero-order valence-corrected chi connectivity index (χ0v) is 29.0. The third kappa shape index (κ3) is 5.14. The van der Waals surface area contributed by atoms with Crippen LogP contribution in [0.15, 0.2) is 34.4 Å². The maximum atomic E-state index is 14.3. The first-order chi connectivity index (χ1) is 21.6. The van der Waals surface area contributed by atoms with Crippen molar-refractivity contribution in [2.75, 3.05) is 0 Å². The molecule has 246 valence electrons. The number of carbonyl (C=O) groups is 2. The molecule has 6 saturated carbocycles. The summed E-state index contributed by atoms with van der Waals surface area (Å²) in [6.45, 7) is 9.78. The molecule has 0 spiro atoms. The summed E-state index contributed by atoms with van der Waals surface area (Å²) in [4.78, 5) is 27.2. The van der Waals surface area contributed by atoms with E-state index in [1.54, 1.807) is 5.57 Å². The molecule has 8 aliphatic rings. The van der Waals surface area contributed by atoms with Crippen molar-refractivity contribution in [1.29, 1.82) is 0 Å². The van der Waals surface area contributed by atoms with Crippen molar-refractivity contribution in [2.24, 2.45) is 69.3 Å². The molecular weight excluding hydrogens is 550 g/mol. The first-order valence-corrected chi connectivity index (χ1v) is 19.6. The Balaban J connectivity index is 0.976. The second kappa shape index (κ2) is 11.0. The highest BCUT2D eigenvalue weighted by Crippen LogP contribution is 2.71. The molecule has 0 radical (unpaired) electrons. The summed E-state index contributed by atoms with van der Waals surface area (Å²) in [6.07, 6.45) is 25.2. The molecule has 3 nitrogen and oxygen atoms in total. The average molecular weight is 612 g/mol. The van der Waals surface area contributed by atoms with Gasteiger partial charge in [0.15, 0.2) is 5.78 Å². The zero-order chi connectivity index (χ0) is 31.3. The Hall–Kier alpha value is -1.48. The quantitative estimate of drug-likeness (QED) is 0.220. The zero-order valence-electron chi connectivity index (χ0n) is 29.0. The molecule has 8 aliphatic carbocycles. The molecule has 6 fully saturated rings. The van der Waals surface area contributed by atoms with Gasteiger partial charge in [0.1, 0.15) is 5.78 Å². The Labute approximate surface area is 273 Å². The largest absolute Gasteiger partial charge is 0.327 e. The van der Waals surface area contributed by atoms with Gasteiger partial charge in [-0.3, -0.25) is 9.59 Å². The summed E-state index contributed by atoms with van der Waals surface area (Å²) in [6, 6.07) is 0.390. The third-order valence-corrected chi connectivity index (χ3v) is 15.9. The van der Waals surface area contributed by atoms with Crippen LogP contribution in [0.4, 0.5) is 0 Å². The summed E-state index contributed by atoms with van der Waals surface area (Å²) in [5.74, 6) is 6.62. The minimum Gasteiger partial charge on any atom is -0.327 e. The van der Waals surface area contributed by atoms with Gasteiger partial charge in [-0.15, -0.1) is 0 Å². The first-order valence-electron chi connectivity index (χ1n) is 19.6. The molecule has 10 unspecified atom stereocenters. The van der Waals surface area contributed by atoms with Gasteiger partial charge in [-0.05, 0) is 155 Å². The highest BCUT2D eigenvalue weighted by Gasteiger charge is 2.65. The lowest BCUT2D eigenvalue weighted by molar-refractivity contribution is -0.130. The van der Waals surface area contributed by atoms with Gasteiger partial charge in [0.25, 0.3) is 0 Å². The highest BCUT2D eigenvalue weighted by atomic mass is 16.1. The lowest BCUT2D eigenvalue weighted by atomic mass is 9.65. The molecule has 8 rings (SSSR count). The predicted molar refractivity (Wildman–Crippen MR) is 182 cm³/mol. The lowest BCUT2D eigenvalue weighted by Crippen LogP contribution is -2.32. The number of rotatable bonds is 8. The fourth-order valence-electron chi connectivity index (χ4n) is 12.2. The number of Topliss-reactive ketones (excluding diaryl/α,β-unsaturated/α-hetero) is 1. The van der Waals surface area contributed by atoms with Gasteiger partial charge in [-0.1, -0.05) is 68.9 Å². The molecule has 10 atom stereocenters. The van der Waals surface area contributed by atoms with Crippen molar-refractivity contribution < 1.29 is 9.59 Å². The standard InChI is InChI=1S/C42H61NO2/c1-5-41(20-21-41)33(44)22-27-10-12-28(13-11-27)23-34(45)42-17-7-8-29(14-18-42)32(15-19-42)40(4)16-6-9-30-24-31(30)37(35-25(2)38(35)40)36-26(3)39(36)43/h15,22,25-26,28-30,35-36,38-39H,5-14,16-21,23-24,43H2,1-4H3. The van der Waals surface area contributed by atoms with Crippen LogP contribution < -0.4 is 5.73 Å². The van der Waals surface area contributed by atoms with Crippen LogP contribution >= 0.6 is 0 Å². The molecule has 0 aromatic rings. The van der Waals surface area contributed by atoms with E-state index in [0.717, 1.165) is 94.3 Å². The van der Waals surface area contributed by atoms with Gasteiger partial charge in [0.05, 0.1) is 0 Å². The Morgan fingerprint density at radius 2 is 1.62 bits per heavy atom. The van der Waals surface area contributed by atoms with E-state index < -0.39 is 0 Å². The SMILES string of the molecule is CCC1(C(=O)C=C2CCC(CC(=O)C34CC=C(C5(C)CCCC6CC6=C(C6C(C)C6N)C6C(C)C65)C(CCC3)CC4)CC2)CC1. The van der Waals surface area contributed by atoms with Crippen LogP contribution in [0.1, 0.15) is 143 Å². The Bertz CT molecular complexity index is 1330. The monoisotopic (exact) mass is 611 g/mol. The third-order valence-electron chi connectivity index (χ3n) is 15.9. The molecule has 2 bridgehead atoms. The van der Waals surface area contributed by atoms with E-state index in [9.17, 15) is 9.59 Å². The van der Waals surface area contributed by atoms with Crippen molar-refractivity contribution in [1.82, 2.24) is 0 Å². The maximum Gasteiger partial charge on any atom is 0.161 e. The topological polar surface area (TPSA) is 60.2 Å². The fourth-order valence-corrected chi connectivity index (χ4v) is 12.2. The Kier molecular flexibility index (Phi) is 7.56. The van der Waals surface area contributed by atoms with Crippen LogP contribution in [0.25, 0.3) is 0 Å². The van der Waals surface area contributed by atoms with Gasteiger partial charge in [0, 0.05) is 23.3 Å². The highest BCUT2D eigenvalue weighted by molar-refractivity contribution is 5.97. The molecule has 0 aliphatic heterocycles. The smallest absolute Gasteiger partial charge is 0.161 e. The van der Waals surface area contributed by atoms with E-state index in [0.29, 0.717) is 41.3 Å². The summed E-state index contributed by atoms with van der Waals surface area (Å²) >= 11 is 0. The molecule has 0 aromatic heterocycles. The number of fused-ring (bicyclic) bond motifs is 5. The lowest BCUT2D eigenvalue weighted by Gasteiger charge is -2.39. The Morgan fingerprint density at radius 3 is 2.31 bits per heavy atom. The van der Waals surface area contributed by atoms with E-state index in [1.165, 1.54) is 50.5 Å². The predicted octanol–water partition coefficient (Wildman–Crippen LogP) is 9.70. The summed E-state index contributed by atoms with van der Waals surface area (Å²) < 4.78 is 0. The summed E-state index contributed by atoms with van der Waals surface area (Å²) in [5, 5.41) is 0. The number of nitrogens with two attached hydrogens (primary N) is 1. The van der Waals surface area contributed by atoms with Crippen molar-refractivity contribution in [3.8, 4) is 0 Å². The number of ketones is 2. The molecule has 45 heavy (non-hydrogen) atoms. The number of hydrogen-bond acceptors (Lipinski definition) is 3. The van der Waals surface area contributed by atoms with Crippen LogP contribution in [0.5, 0.6) is 0 Å². The molecule has 0 aromatic carbocycles. The first kappa shape index (κ1) is 30.8. The average Bonchev–Trinajstić information content (AvgIpc) is 3.85. The van der Waals surface area contributed by atoms with E-state index in [2.05, 4.69) is 33.8 Å². The minimum atomic E-state index is -0.128. The Morgan fingerprint density at radius 1 is 0.911 bits per heavy atom. The van der Waals surface area contributed by atoms with Crippen molar-refractivity contribution >= 4 is 11.6 Å². The van der Waals surface area contributed by atoms with Crippen molar-refractivity contribution in [3.05, 3.63) is 34.4 Å². The molecule has 2 N–H and O–H groups in total. The number of hydrogen-bond donors (Lipinski definition) is 1. The second-order valence-electron chi connectivity index (χ2n) is 18.2. The molecule has 0 amide bonds. The van der Waals surface area contributed by atoms with E-state index in [1.807, 2.05) is 17.2 Å². The summed E-state index contributed by atoms with van der Waals surface area (Å²) in [5.41, 5.74) is 13.6. The number of carbonyl (C=O) groups excluding carboxylic acids is 2. The normalized spacial score (nSPS) is 46.3. The molecule has 3 heteroatoms. The second-order valence-corrected chi connectivity index (χ2v) is 18.2. The van der Waals surface area contributed by atoms with Crippen LogP contribution in [-0.2, 0) is 9.59 Å². The van der Waals surface area contributed by atoms with Crippen LogP contribution in [0, 0.1) is 63.6 Å². The number of allylic oxidation sites excluding steroid dienone is 5. The van der Waals surface area contributed by atoms with Gasteiger partial charge < -0.3 is 5.73 Å². The minimum absolute atomic E-state index is 0.0178. The van der Waals surface area contributed by atoms with Crippen LogP contribution in [0.3, 0.4) is 0 Å². The molecular formula is C42H61NO2. The fraction of sp³-hybridized carbons (Fsp3) is 0.810. The summed E-state index contributed by atoms with van der Waals surface area (Å²) in [7, 11) is 0.